The molecule has 0 bridgehead atoms. The molecule has 0 radical (unpaired) electrons. The number of pyridine rings is 1. The van der Waals surface area contributed by atoms with Crippen LogP contribution < -0.4 is 14.0 Å². The van der Waals surface area contributed by atoms with E-state index in [1.807, 2.05) is 48.6 Å². The molecule has 152 valence electrons. The van der Waals surface area contributed by atoms with Gasteiger partial charge in [0.25, 0.3) is 5.69 Å². The number of aliphatic imine (C=N–C) groups is 1. The average Bonchev–Trinajstić information content (AvgIpc) is 2.79. The van der Waals surface area contributed by atoms with E-state index in [2.05, 4.69) is 54.0 Å². The Bertz CT molecular complexity index is 1310. The van der Waals surface area contributed by atoms with Gasteiger partial charge in [0.05, 0.1) is 5.57 Å². The Hall–Kier alpha value is -3.92. The van der Waals surface area contributed by atoms with E-state index >= 15 is 0 Å². The van der Waals surface area contributed by atoms with Gasteiger partial charge in [0, 0.05) is 41.6 Å². The van der Waals surface area contributed by atoms with Crippen molar-refractivity contribution in [3.63, 3.8) is 0 Å². The predicted molar refractivity (Wildman–Crippen MR) is 123 cm³/mol. The zero-order valence-corrected chi connectivity index (χ0v) is 17.8. The largest absolute Gasteiger partial charge is 0.456 e. The number of fused-ring (bicyclic) bond motifs is 3. The summed E-state index contributed by atoms with van der Waals surface area (Å²) in [5, 5.41) is 0. The number of rotatable bonds is 2. The van der Waals surface area contributed by atoms with Gasteiger partial charge in [-0.25, -0.2) is 0 Å². The fourth-order valence-electron chi connectivity index (χ4n) is 4.21. The fourth-order valence-corrected chi connectivity index (χ4v) is 4.21. The highest BCUT2D eigenvalue weighted by atomic mass is 16.5. The normalized spacial score (nSPS) is 17.3. The summed E-state index contributed by atoms with van der Waals surface area (Å²) in [5.41, 5.74) is 6.55. The van der Waals surface area contributed by atoms with Crippen LogP contribution in [0.3, 0.4) is 0 Å². The molecule has 2 aliphatic rings. The summed E-state index contributed by atoms with van der Waals surface area (Å²) in [5.74, 6) is 3.35. The number of ether oxygens (including phenoxy) is 2. The third-order valence-corrected chi connectivity index (χ3v) is 5.61. The molecular formula is C27H23N2O2+. The second-order valence-corrected chi connectivity index (χ2v) is 7.53. The minimum atomic E-state index is 0.810. The van der Waals surface area contributed by atoms with Gasteiger partial charge in [0.2, 0.25) is 0 Å². The molecule has 31 heavy (non-hydrogen) atoms. The monoisotopic (exact) mass is 407 g/mol. The topological polar surface area (TPSA) is 34.7 Å². The molecule has 0 spiro atoms. The summed E-state index contributed by atoms with van der Waals surface area (Å²) in [7, 11) is 3.81. The smallest absolute Gasteiger partial charge is 0.256 e. The highest BCUT2D eigenvalue weighted by Crippen LogP contribution is 2.50. The Morgan fingerprint density at radius 2 is 1.45 bits per heavy atom. The van der Waals surface area contributed by atoms with E-state index in [0.29, 0.717) is 0 Å². The zero-order valence-electron chi connectivity index (χ0n) is 17.8. The summed E-state index contributed by atoms with van der Waals surface area (Å²) in [4.78, 5) is 4.05. The summed E-state index contributed by atoms with van der Waals surface area (Å²) in [6, 6.07) is 20.4. The number of aryl methyl sites for hydroxylation is 1. The molecule has 0 unspecified atom stereocenters. The summed E-state index contributed by atoms with van der Waals surface area (Å²) >= 11 is 0. The van der Waals surface area contributed by atoms with Gasteiger partial charge in [0.15, 0.2) is 11.9 Å². The minimum Gasteiger partial charge on any atom is -0.456 e. The van der Waals surface area contributed by atoms with Gasteiger partial charge in [-0.1, -0.05) is 36.4 Å². The third-order valence-electron chi connectivity index (χ3n) is 5.61. The summed E-state index contributed by atoms with van der Waals surface area (Å²) in [6.07, 6.45) is 7.69. The van der Waals surface area contributed by atoms with Crippen LogP contribution in [0.5, 0.6) is 17.2 Å². The molecular weight excluding hydrogens is 384 g/mol. The van der Waals surface area contributed by atoms with Crippen LogP contribution in [0.4, 0.5) is 0 Å². The average molecular weight is 407 g/mol. The van der Waals surface area contributed by atoms with Crippen molar-refractivity contribution >= 4 is 17.4 Å². The van der Waals surface area contributed by atoms with Gasteiger partial charge in [-0.15, -0.1) is 0 Å². The number of para-hydroxylation sites is 2. The molecule has 0 aliphatic carbocycles. The zero-order chi connectivity index (χ0) is 21.4. The maximum Gasteiger partial charge on any atom is 0.256 e. The van der Waals surface area contributed by atoms with Crippen LogP contribution in [0.1, 0.15) is 23.7 Å². The number of aromatic nitrogens is 1. The maximum absolute atomic E-state index is 6.28. The van der Waals surface area contributed by atoms with Crippen LogP contribution in [0.15, 0.2) is 95.3 Å². The molecule has 5 rings (SSSR count). The van der Waals surface area contributed by atoms with Crippen LogP contribution in [0.25, 0.3) is 11.1 Å². The second-order valence-electron chi connectivity index (χ2n) is 7.53. The highest BCUT2D eigenvalue weighted by molar-refractivity contribution is 6.07. The molecule has 3 aromatic rings. The van der Waals surface area contributed by atoms with Crippen molar-refractivity contribution in [2.75, 3.05) is 7.05 Å². The minimum absolute atomic E-state index is 0.810. The molecule has 0 saturated heterocycles. The van der Waals surface area contributed by atoms with Crippen LogP contribution in [-0.2, 0) is 7.05 Å². The molecule has 0 amide bonds. The van der Waals surface area contributed by atoms with Gasteiger partial charge in [-0.3, -0.25) is 4.99 Å². The van der Waals surface area contributed by atoms with Gasteiger partial charge in [-0.2, -0.15) is 4.57 Å². The Morgan fingerprint density at radius 3 is 2.19 bits per heavy atom. The first-order valence-electron chi connectivity index (χ1n) is 10.3. The SMILES string of the molecule is C/N=C/C=C\C1=C(C)C(=C2\c3ccccc3Oc3ccc[n+](C)c32)/c2ccccc2O1. The molecule has 0 saturated carbocycles. The number of nitrogens with zero attached hydrogens (tertiary/aromatic N) is 2. The van der Waals surface area contributed by atoms with E-state index in [9.17, 15) is 0 Å². The number of hydrogen-bond donors (Lipinski definition) is 0. The van der Waals surface area contributed by atoms with Gasteiger partial charge < -0.3 is 9.47 Å². The predicted octanol–water partition coefficient (Wildman–Crippen LogP) is 5.50. The van der Waals surface area contributed by atoms with Crippen molar-refractivity contribution in [2.45, 2.75) is 6.92 Å². The van der Waals surface area contributed by atoms with E-state index in [0.717, 1.165) is 56.5 Å². The Labute approximate surface area is 182 Å². The van der Waals surface area contributed by atoms with Crippen molar-refractivity contribution in [1.82, 2.24) is 0 Å². The Morgan fingerprint density at radius 1 is 0.806 bits per heavy atom. The van der Waals surface area contributed by atoms with E-state index in [1.165, 1.54) is 0 Å². The van der Waals surface area contributed by atoms with E-state index in [-0.39, 0.29) is 0 Å². The number of allylic oxidation sites excluding steroid dienone is 4. The maximum atomic E-state index is 6.28. The molecule has 0 N–H and O–H groups in total. The molecule has 2 aliphatic heterocycles. The lowest BCUT2D eigenvalue weighted by molar-refractivity contribution is -0.674. The van der Waals surface area contributed by atoms with Crippen molar-refractivity contribution in [1.29, 1.82) is 0 Å². The van der Waals surface area contributed by atoms with Crippen LogP contribution in [0, 0.1) is 0 Å². The molecule has 4 nitrogen and oxygen atoms in total. The van der Waals surface area contributed by atoms with Crippen molar-refractivity contribution in [2.24, 2.45) is 12.0 Å². The molecule has 0 atom stereocenters. The standard InChI is InChI=1S/C27H23N2O2/c1-18-21(14-8-16-28-2)30-22-12-6-4-10-19(22)25(18)26-20-11-5-7-13-23(20)31-24-15-9-17-29(3)27(24)26/h4-17H,1-3H3/q+1/b14-8-,26-25-,28-16+. The molecule has 0 fully saturated rings. The molecule has 3 heterocycles. The number of hydrogen-bond acceptors (Lipinski definition) is 3. The van der Waals surface area contributed by atoms with E-state index in [4.69, 9.17) is 9.47 Å². The molecule has 1 aromatic heterocycles. The van der Waals surface area contributed by atoms with Crippen LogP contribution in [0.2, 0.25) is 0 Å². The lowest BCUT2D eigenvalue weighted by Crippen LogP contribution is -2.34. The third kappa shape index (κ3) is 3.17. The molecule has 2 aromatic carbocycles. The Balaban J connectivity index is 1.90. The van der Waals surface area contributed by atoms with Crippen molar-refractivity contribution in [3.05, 3.63) is 107 Å². The first kappa shape index (κ1) is 19.1. The quantitative estimate of drug-likeness (QED) is 0.325. The first-order valence-corrected chi connectivity index (χ1v) is 10.3. The van der Waals surface area contributed by atoms with Crippen LogP contribution >= 0.6 is 0 Å². The first-order chi connectivity index (χ1) is 15.2. The van der Waals surface area contributed by atoms with Crippen LogP contribution in [-0.4, -0.2) is 13.3 Å². The fraction of sp³-hybridized carbons (Fsp3) is 0.111. The lowest BCUT2D eigenvalue weighted by Gasteiger charge is -2.28. The van der Waals surface area contributed by atoms with Gasteiger partial charge in [-0.05, 0) is 37.3 Å². The van der Waals surface area contributed by atoms with E-state index in [1.54, 1.807) is 13.3 Å². The second kappa shape index (κ2) is 7.73. The lowest BCUT2D eigenvalue weighted by atomic mass is 9.84. The van der Waals surface area contributed by atoms with Gasteiger partial charge in [0.1, 0.15) is 24.3 Å². The van der Waals surface area contributed by atoms with E-state index < -0.39 is 0 Å². The summed E-state index contributed by atoms with van der Waals surface area (Å²) < 4.78 is 14.7. The number of benzene rings is 2. The summed E-state index contributed by atoms with van der Waals surface area (Å²) in [6.45, 7) is 2.11. The highest BCUT2D eigenvalue weighted by Gasteiger charge is 2.35. The Kier molecular flexibility index (Phi) is 4.75. The van der Waals surface area contributed by atoms with Crippen molar-refractivity contribution < 1.29 is 14.0 Å². The van der Waals surface area contributed by atoms with Crippen molar-refractivity contribution in [3.8, 4) is 17.2 Å². The molecule has 4 heteroatoms. The van der Waals surface area contributed by atoms with Gasteiger partial charge >= 0.3 is 0 Å².